The second kappa shape index (κ2) is 9.74. The number of nitrogens with zero attached hydrogens (tertiary/aromatic N) is 2. The van der Waals surface area contributed by atoms with Crippen LogP contribution in [0.25, 0.3) is 16.9 Å². The molecular formula is C21H14F7N3O4. The molecule has 0 aliphatic rings. The number of hydrogen-bond donors (Lipinski definition) is 2. The van der Waals surface area contributed by atoms with Crippen molar-refractivity contribution in [2.24, 2.45) is 0 Å². The Morgan fingerprint density at radius 3 is 2.29 bits per heavy atom. The van der Waals surface area contributed by atoms with Crippen molar-refractivity contribution in [2.45, 2.75) is 18.6 Å². The van der Waals surface area contributed by atoms with E-state index in [2.05, 4.69) is 9.84 Å². The van der Waals surface area contributed by atoms with E-state index in [4.69, 9.17) is 5.11 Å². The fraction of sp³-hybridized carbons (Fsp3) is 0.190. The lowest BCUT2D eigenvalue weighted by atomic mass is 10.1. The van der Waals surface area contributed by atoms with Crippen LogP contribution in [0.4, 0.5) is 30.7 Å². The molecule has 1 atom stereocenters. The summed E-state index contributed by atoms with van der Waals surface area (Å²) in [7, 11) is 0. The van der Waals surface area contributed by atoms with E-state index in [0.29, 0.717) is 4.68 Å². The second-order valence-electron chi connectivity index (χ2n) is 6.98. The number of alkyl halides is 6. The zero-order chi connectivity index (χ0) is 26.0. The van der Waals surface area contributed by atoms with Crippen molar-refractivity contribution in [3.8, 4) is 22.7 Å². The average Bonchev–Trinajstić information content (AvgIpc) is 2.76. The van der Waals surface area contributed by atoms with Gasteiger partial charge in [0.15, 0.2) is 6.10 Å². The van der Waals surface area contributed by atoms with Gasteiger partial charge in [-0.05, 0) is 48.5 Å². The van der Waals surface area contributed by atoms with Crippen molar-refractivity contribution in [1.29, 1.82) is 0 Å². The number of amides is 1. The Hall–Kier alpha value is -3.94. The van der Waals surface area contributed by atoms with Crippen LogP contribution in [0.2, 0.25) is 0 Å². The van der Waals surface area contributed by atoms with Gasteiger partial charge >= 0.3 is 12.5 Å². The third kappa shape index (κ3) is 6.56. The minimum Gasteiger partial charge on any atom is -0.406 e. The van der Waals surface area contributed by atoms with Crippen LogP contribution in [-0.2, 0) is 0 Å². The van der Waals surface area contributed by atoms with Gasteiger partial charge in [-0.1, -0.05) is 6.07 Å². The molecule has 0 saturated carbocycles. The first-order chi connectivity index (χ1) is 16.2. The topological polar surface area (TPSA) is 93.4 Å². The van der Waals surface area contributed by atoms with Crippen LogP contribution in [0.3, 0.4) is 0 Å². The Morgan fingerprint density at radius 1 is 1.06 bits per heavy atom. The van der Waals surface area contributed by atoms with Crippen molar-refractivity contribution in [3.63, 3.8) is 0 Å². The normalized spacial score (nSPS) is 12.8. The van der Waals surface area contributed by atoms with Gasteiger partial charge in [0.2, 0.25) is 0 Å². The molecule has 0 saturated heterocycles. The maximum absolute atomic E-state index is 13.7. The van der Waals surface area contributed by atoms with E-state index in [0.717, 1.165) is 42.5 Å². The molecule has 2 aromatic carbocycles. The molecule has 0 aliphatic heterocycles. The number of aromatic nitrogens is 2. The van der Waals surface area contributed by atoms with Gasteiger partial charge in [0.05, 0.1) is 17.9 Å². The molecule has 0 fully saturated rings. The van der Waals surface area contributed by atoms with Gasteiger partial charge < -0.3 is 15.2 Å². The smallest absolute Gasteiger partial charge is 0.406 e. The highest BCUT2D eigenvalue weighted by atomic mass is 19.4. The number of rotatable bonds is 6. The minimum atomic E-state index is -5.03. The zero-order valence-corrected chi connectivity index (χ0v) is 17.2. The van der Waals surface area contributed by atoms with Gasteiger partial charge in [0.1, 0.15) is 17.1 Å². The predicted octanol–water partition coefficient (Wildman–Crippen LogP) is 3.59. The van der Waals surface area contributed by atoms with Crippen LogP contribution < -0.4 is 15.6 Å². The number of aliphatic hydroxyl groups is 1. The van der Waals surface area contributed by atoms with Crippen LogP contribution in [0.1, 0.15) is 10.4 Å². The number of carbonyl (C=O) groups excluding carboxylic acids is 1. The molecule has 0 spiro atoms. The first-order valence-electron chi connectivity index (χ1n) is 9.54. The molecule has 3 aromatic rings. The first kappa shape index (κ1) is 25.7. The summed E-state index contributed by atoms with van der Waals surface area (Å²) in [6.45, 7) is -1.26. The maximum Gasteiger partial charge on any atom is 0.573 e. The molecule has 3 rings (SSSR count). The third-order valence-corrected chi connectivity index (χ3v) is 4.43. The van der Waals surface area contributed by atoms with Gasteiger partial charge in [-0.15, -0.1) is 13.2 Å². The Bertz CT molecular complexity index is 1270. The molecule has 1 heterocycles. The van der Waals surface area contributed by atoms with E-state index in [9.17, 15) is 40.3 Å². The highest BCUT2D eigenvalue weighted by molar-refractivity contribution is 5.94. The lowest BCUT2D eigenvalue weighted by Crippen LogP contribution is -2.42. The van der Waals surface area contributed by atoms with Crippen LogP contribution >= 0.6 is 0 Å². The maximum atomic E-state index is 13.7. The molecule has 0 bridgehead atoms. The van der Waals surface area contributed by atoms with E-state index in [1.165, 1.54) is 12.1 Å². The summed E-state index contributed by atoms with van der Waals surface area (Å²) in [6, 6.07) is 9.45. The average molecular weight is 505 g/mol. The fourth-order valence-corrected chi connectivity index (χ4v) is 2.81. The lowest BCUT2D eigenvalue weighted by molar-refractivity contribution is -0.274. The molecular weight excluding hydrogens is 491 g/mol. The summed E-state index contributed by atoms with van der Waals surface area (Å²) in [5.41, 5.74) is -2.05. The standard InChI is InChI=1S/C21H14F7N3O4/c22-12-2-1-3-13(8-12)31-19(34)15(18(33)29-10-17(32)20(23,24)25)9-16(30-31)11-4-6-14(7-5-11)35-21(26,27)28/h1-9,17,32H,10H2,(H,29,33)/t17-/m1/s1. The van der Waals surface area contributed by atoms with E-state index in [1.54, 1.807) is 5.32 Å². The number of aliphatic hydroxyl groups excluding tert-OH is 1. The molecule has 0 unspecified atom stereocenters. The van der Waals surface area contributed by atoms with Crippen LogP contribution in [-0.4, -0.2) is 46.0 Å². The Morgan fingerprint density at radius 2 is 1.71 bits per heavy atom. The molecule has 1 amide bonds. The van der Waals surface area contributed by atoms with E-state index < -0.39 is 53.8 Å². The monoisotopic (exact) mass is 505 g/mol. The summed E-state index contributed by atoms with van der Waals surface area (Å²) < 4.78 is 92.8. The fourth-order valence-electron chi connectivity index (χ4n) is 2.81. The summed E-state index contributed by atoms with van der Waals surface area (Å²) in [6.07, 6.45) is -12.9. The molecule has 0 aliphatic carbocycles. The third-order valence-electron chi connectivity index (χ3n) is 4.43. The number of benzene rings is 2. The number of hydrogen-bond acceptors (Lipinski definition) is 5. The molecule has 14 heteroatoms. The van der Waals surface area contributed by atoms with Crippen molar-refractivity contribution >= 4 is 5.91 Å². The first-order valence-corrected chi connectivity index (χ1v) is 9.54. The minimum absolute atomic E-state index is 0.0917. The Labute approximate surface area is 191 Å². The predicted molar refractivity (Wildman–Crippen MR) is 106 cm³/mol. The van der Waals surface area contributed by atoms with Crippen molar-refractivity contribution in [1.82, 2.24) is 15.1 Å². The molecule has 7 nitrogen and oxygen atoms in total. The van der Waals surface area contributed by atoms with Gasteiger partial charge in [-0.3, -0.25) is 9.59 Å². The molecule has 186 valence electrons. The van der Waals surface area contributed by atoms with Crippen LogP contribution in [0.5, 0.6) is 5.75 Å². The van der Waals surface area contributed by atoms with E-state index in [1.807, 2.05) is 0 Å². The van der Waals surface area contributed by atoms with Crippen LogP contribution in [0, 0.1) is 5.82 Å². The van der Waals surface area contributed by atoms with E-state index >= 15 is 0 Å². The molecule has 2 N–H and O–H groups in total. The van der Waals surface area contributed by atoms with Crippen molar-refractivity contribution in [3.05, 3.63) is 76.3 Å². The summed E-state index contributed by atoms with van der Waals surface area (Å²) in [4.78, 5) is 25.3. The Balaban J connectivity index is 2.05. The summed E-state index contributed by atoms with van der Waals surface area (Å²) in [5, 5.41) is 14.9. The van der Waals surface area contributed by atoms with Gasteiger partial charge in [0, 0.05) is 5.56 Å². The lowest BCUT2D eigenvalue weighted by Gasteiger charge is -2.16. The number of halogens is 7. The highest BCUT2D eigenvalue weighted by Crippen LogP contribution is 2.26. The SMILES string of the molecule is O=C(NC[C@@H](O)C(F)(F)F)c1cc(-c2ccc(OC(F)(F)F)cc2)nn(-c2cccc(F)c2)c1=O. The van der Waals surface area contributed by atoms with E-state index in [-0.39, 0.29) is 16.9 Å². The summed E-state index contributed by atoms with van der Waals surface area (Å²) in [5.74, 6) is -2.64. The largest absolute Gasteiger partial charge is 0.573 e. The molecule has 0 radical (unpaired) electrons. The number of nitrogens with one attached hydrogen (secondary N) is 1. The van der Waals surface area contributed by atoms with Crippen molar-refractivity contribution < 1.29 is 45.4 Å². The van der Waals surface area contributed by atoms with Crippen molar-refractivity contribution in [2.75, 3.05) is 6.54 Å². The second-order valence-corrected chi connectivity index (χ2v) is 6.98. The van der Waals surface area contributed by atoms with Gasteiger partial charge in [0.25, 0.3) is 11.5 Å². The number of ether oxygens (including phenoxy) is 1. The highest BCUT2D eigenvalue weighted by Gasteiger charge is 2.38. The van der Waals surface area contributed by atoms with Gasteiger partial charge in [-0.2, -0.15) is 23.0 Å². The quantitative estimate of drug-likeness (QED) is 0.500. The summed E-state index contributed by atoms with van der Waals surface area (Å²) >= 11 is 0. The zero-order valence-electron chi connectivity index (χ0n) is 17.2. The van der Waals surface area contributed by atoms with Gasteiger partial charge in [-0.25, -0.2) is 4.39 Å². The molecule has 1 aromatic heterocycles. The number of carbonyl (C=O) groups is 1. The molecule has 35 heavy (non-hydrogen) atoms. The Kier molecular flexibility index (Phi) is 7.14. The van der Waals surface area contributed by atoms with Crippen LogP contribution in [0.15, 0.2) is 59.4 Å².